The first-order valence-corrected chi connectivity index (χ1v) is 5.90. The first-order chi connectivity index (χ1) is 7.71. The molecule has 0 heterocycles. The second-order valence-electron chi connectivity index (χ2n) is 4.16. The van der Waals surface area contributed by atoms with E-state index in [2.05, 4.69) is 0 Å². The molecule has 1 aromatic rings. The van der Waals surface area contributed by atoms with Gasteiger partial charge in [0.15, 0.2) is 0 Å². The predicted octanol–water partition coefficient (Wildman–Crippen LogP) is 4.66. The topological polar surface area (TPSA) is 46.5 Å². The Labute approximate surface area is 114 Å². The first-order valence-electron chi connectivity index (χ1n) is 4.76. The van der Waals surface area contributed by atoms with Gasteiger partial charge in [-0.2, -0.15) is 0 Å². The van der Waals surface area contributed by atoms with Crippen molar-refractivity contribution < 1.29 is 14.6 Å². The van der Waals surface area contributed by atoms with Crippen LogP contribution in [0.1, 0.15) is 19.4 Å². The number of rotatable bonds is 3. The summed E-state index contributed by atoms with van der Waals surface area (Å²) in [6.45, 7) is 3.31. The highest BCUT2D eigenvalue weighted by molar-refractivity contribution is 6.43. The maximum absolute atomic E-state index is 10.5. The van der Waals surface area contributed by atoms with Crippen LogP contribution in [-0.4, -0.2) is 16.9 Å². The molecule has 0 fully saturated rings. The number of carbonyl (C=O) groups is 1. The Bertz CT molecular complexity index is 444. The number of hydrogen-bond acceptors (Lipinski definition) is 2. The molecule has 6 heteroatoms. The summed E-state index contributed by atoms with van der Waals surface area (Å²) in [6, 6.07) is 3.14. The van der Waals surface area contributed by atoms with Crippen molar-refractivity contribution in [2.75, 3.05) is 0 Å². The standard InChI is InChI=1S/C11H11Cl3O3/c1-11(2,17-10(15)16)5-6-3-8(13)9(14)4-7(6)12/h3-4H,5H2,1-2H3,(H,15,16). The summed E-state index contributed by atoms with van der Waals surface area (Å²) in [5.41, 5.74) is -0.195. The largest absolute Gasteiger partial charge is 0.506 e. The van der Waals surface area contributed by atoms with Gasteiger partial charge in [-0.05, 0) is 31.5 Å². The van der Waals surface area contributed by atoms with Crippen LogP contribution in [0.4, 0.5) is 4.79 Å². The van der Waals surface area contributed by atoms with E-state index in [1.807, 2.05) is 0 Å². The second kappa shape index (κ2) is 5.34. The van der Waals surface area contributed by atoms with Gasteiger partial charge in [-0.25, -0.2) is 4.79 Å². The fraction of sp³-hybridized carbons (Fsp3) is 0.364. The van der Waals surface area contributed by atoms with Crippen LogP contribution in [0.2, 0.25) is 15.1 Å². The van der Waals surface area contributed by atoms with Gasteiger partial charge in [-0.15, -0.1) is 0 Å². The smallest absolute Gasteiger partial charge is 0.450 e. The van der Waals surface area contributed by atoms with E-state index in [1.165, 1.54) is 6.07 Å². The Hall–Kier alpha value is -0.640. The van der Waals surface area contributed by atoms with Crippen LogP contribution in [0.5, 0.6) is 0 Å². The van der Waals surface area contributed by atoms with Crippen molar-refractivity contribution in [1.82, 2.24) is 0 Å². The molecule has 3 nitrogen and oxygen atoms in total. The van der Waals surface area contributed by atoms with Gasteiger partial charge < -0.3 is 9.84 Å². The normalized spacial score (nSPS) is 11.4. The lowest BCUT2D eigenvalue weighted by Gasteiger charge is -2.24. The van der Waals surface area contributed by atoms with Crippen LogP contribution in [0.25, 0.3) is 0 Å². The van der Waals surface area contributed by atoms with Crippen LogP contribution >= 0.6 is 34.8 Å². The molecular weight excluding hydrogens is 286 g/mol. The van der Waals surface area contributed by atoms with Crippen molar-refractivity contribution in [2.45, 2.75) is 25.9 Å². The highest BCUT2D eigenvalue weighted by Gasteiger charge is 2.24. The van der Waals surface area contributed by atoms with Crippen molar-refractivity contribution in [1.29, 1.82) is 0 Å². The third-order valence-corrected chi connectivity index (χ3v) is 3.14. The zero-order chi connectivity index (χ0) is 13.2. The number of benzene rings is 1. The van der Waals surface area contributed by atoms with Gasteiger partial charge in [0.05, 0.1) is 10.0 Å². The molecule has 94 valence electrons. The van der Waals surface area contributed by atoms with Crippen LogP contribution in [0.15, 0.2) is 12.1 Å². The number of halogens is 3. The molecular formula is C11H11Cl3O3. The van der Waals surface area contributed by atoms with Crippen molar-refractivity contribution in [3.63, 3.8) is 0 Å². The summed E-state index contributed by atoms with van der Waals surface area (Å²) in [5, 5.41) is 9.76. The molecule has 0 saturated heterocycles. The van der Waals surface area contributed by atoms with E-state index in [0.29, 0.717) is 27.1 Å². The van der Waals surface area contributed by atoms with E-state index in [1.54, 1.807) is 19.9 Å². The summed E-state index contributed by atoms with van der Waals surface area (Å²) >= 11 is 17.7. The van der Waals surface area contributed by atoms with E-state index >= 15 is 0 Å². The third-order valence-electron chi connectivity index (χ3n) is 2.07. The molecule has 1 aromatic carbocycles. The minimum Gasteiger partial charge on any atom is -0.450 e. The molecule has 0 aliphatic carbocycles. The van der Waals surface area contributed by atoms with Crippen molar-refractivity contribution in [2.24, 2.45) is 0 Å². The SMILES string of the molecule is CC(C)(Cc1cc(Cl)c(Cl)cc1Cl)OC(=O)O. The number of ether oxygens (including phenoxy) is 1. The van der Waals surface area contributed by atoms with Crippen LogP contribution in [0.3, 0.4) is 0 Å². The molecule has 0 amide bonds. The summed E-state index contributed by atoms with van der Waals surface area (Å²) in [4.78, 5) is 10.5. The molecule has 0 saturated carbocycles. The van der Waals surface area contributed by atoms with Crippen molar-refractivity contribution >= 4 is 41.0 Å². The number of carboxylic acid groups (broad SMARTS) is 1. The third kappa shape index (κ3) is 4.26. The molecule has 0 radical (unpaired) electrons. The minimum atomic E-state index is -1.33. The van der Waals surface area contributed by atoms with E-state index in [9.17, 15) is 4.79 Å². The van der Waals surface area contributed by atoms with Gasteiger partial charge in [0.25, 0.3) is 0 Å². The molecule has 1 rings (SSSR count). The maximum atomic E-state index is 10.5. The molecule has 1 N–H and O–H groups in total. The van der Waals surface area contributed by atoms with E-state index in [0.717, 1.165) is 0 Å². The average molecular weight is 298 g/mol. The quantitative estimate of drug-likeness (QED) is 0.652. The lowest BCUT2D eigenvalue weighted by atomic mass is 9.98. The van der Waals surface area contributed by atoms with Crippen LogP contribution in [-0.2, 0) is 11.2 Å². The lowest BCUT2D eigenvalue weighted by Crippen LogP contribution is -2.30. The molecule has 17 heavy (non-hydrogen) atoms. The van der Waals surface area contributed by atoms with Gasteiger partial charge in [0, 0.05) is 11.4 Å². The summed E-state index contributed by atoms with van der Waals surface area (Å²) in [6.07, 6.45) is -1.01. The molecule has 0 aliphatic rings. The Balaban J connectivity index is 2.95. The van der Waals surface area contributed by atoms with E-state index in [-0.39, 0.29) is 0 Å². The zero-order valence-electron chi connectivity index (χ0n) is 9.26. The monoisotopic (exact) mass is 296 g/mol. The van der Waals surface area contributed by atoms with Gasteiger partial charge in [-0.1, -0.05) is 34.8 Å². The molecule has 0 unspecified atom stereocenters. The van der Waals surface area contributed by atoms with Crippen molar-refractivity contribution in [3.8, 4) is 0 Å². The lowest BCUT2D eigenvalue weighted by molar-refractivity contribution is 0.00428. The minimum absolute atomic E-state index is 0.315. The fourth-order valence-electron chi connectivity index (χ4n) is 1.43. The van der Waals surface area contributed by atoms with Gasteiger partial charge in [0.1, 0.15) is 5.60 Å². The van der Waals surface area contributed by atoms with Gasteiger partial charge in [-0.3, -0.25) is 0 Å². The predicted molar refractivity (Wildman–Crippen MR) is 68.4 cm³/mol. The molecule has 0 bridgehead atoms. The Morgan fingerprint density at radius 1 is 1.24 bits per heavy atom. The van der Waals surface area contributed by atoms with E-state index in [4.69, 9.17) is 44.6 Å². The van der Waals surface area contributed by atoms with E-state index < -0.39 is 11.8 Å². The van der Waals surface area contributed by atoms with Gasteiger partial charge >= 0.3 is 6.16 Å². The molecule has 0 spiro atoms. The Morgan fingerprint density at radius 3 is 2.29 bits per heavy atom. The Morgan fingerprint density at radius 2 is 1.76 bits per heavy atom. The van der Waals surface area contributed by atoms with Crippen LogP contribution in [0, 0.1) is 0 Å². The summed E-state index contributed by atoms with van der Waals surface area (Å²) in [5.74, 6) is 0. The Kier molecular flexibility index (Phi) is 4.53. The highest BCUT2D eigenvalue weighted by atomic mass is 35.5. The van der Waals surface area contributed by atoms with Crippen molar-refractivity contribution in [3.05, 3.63) is 32.8 Å². The van der Waals surface area contributed by atoms with Crippen LogP contribution < -0.4 is 0 Å². The molecule has 0 atom stereocenters. The molecule has 0 aromatic heterocycles. The second-order valence-corrected chi connectivity index (χ2v) is 5.38. The fourth-order valence-corrected chi connectivity index (χ4v) is 2.07. The molecule has 0 aliphatic heterocycles. The highest BCUT2D eigenvalue weighted by Crippen LogP contribution is 2.31. The number of hydrogen-bond donors (Lipinski definition) is 1. The zero-order valence-corrected chi connectivity index (χ0v) is 11.5. The average Bonchev–Trinajstić information content (AvgIpc) is 2.11. The summed E-state index contributed by atoms with van der Waals surface area (Å²) < 4.78 is 4.75. The summed E-state index contributed by atoms with van der Waals surface area (Å²) in [7, 11) is 0. The maximum Gasteiger partial charge on any atom is 0.506 e. The van der Waals surface area contributed by atoms with Gasteiger partial charge in [0.2, 0.25) is 0 Å². The first kappa shape index (κ1) is 14.4.